The zero-order valence-electron chi connectivity index (χ0n) is 10.8. The molecular formula is C13H18F2N2O2. The second-order valence-electron chi connectivity index (χ2n) is 4.68. The smallest absolute Gasteiger partial charge is 0.126 e. The number of nitrogens with one attached hydrogen (secondary N) is 1. The fourth-order valence-corrected chi connectivity index (χ4v) is 2.62. The molecule has 1 aliphatic rings. The maximum Gasteiger partial charge on any atom is 0.126 e. The molecule has 0 amide bonds. The van der Waals surface area contributed by atoms with Crippen LogP contribution in [0.15, 0.2) is 18.2 Å². The highest BCUT2D eigenvalue weighted by Gasteiger charge is 2.41. The third kappa shape index (κ3) is 2.92. The highest BCUT2D eigenvalue weighted by molar-refractivity contribution is 5.24. The van der Waals surface area contributed by atoms with Crippen LogP contribution < -0.4 is 11.3 Å². The topological polar surface area (TPSA) is 56.5 Å². The maximum absolute atomic E-state index is 13.3. The van der Waals surface area contributed by atoms with Crippen molar-refractivity contribution in [1.82, 2.24) is 5.43 Å². The summed E-state index contributed by atoms with van der Waals surface area (Å²) in [6.07, 6.45) is 1.22. The lowest BCUT2D eigenvalue weighted by atomic mass is 9.82. The van der Waals surface area contributed by atoms with Gasteiger partial charge in [0.25, 0.3) is 0 Å². The summed E-state index contributed by atoms with van der Waals surface area (Å²) in [6, 6.07) is 2.88. The number of hydrogen-bond acceptors (Lipinski definition) is 4. The van der Waals surface area contributed by atoms with Gasteiger partial charge in [-0.1, -0.05) is 0 Å². The summed E-state index contributed by atoms with van der Waals surface area (Å²) in [5.41, 5.74) is 2.44. The molecule has 1 heterocycles. The van der Waals surface area contributed by atoms with Gasteiger partial charge in [0.1, 0.15) is 11.6 Å². The average molecular weight is 272 g/mol. The van der Waals surface area contributed by atoms with Crippen LogP contribution in [0.3, 0.4) is 0 Å². The summed E-state index contributed by atoms with van der Waals surface area (Å²) >= 11 is 0. The second-order valence-corrected chi connectivity index (χ2v) is 4.68. The van der Waals surface area contributed by atoms with Crippen molar-refractivity contribution in [3.05, 3.63) is 35.4 Å². The van der Waals surface area contributed by atoms with Gasteiger partial charge in [-0.2, -0.15) is 0 Å². The Labute approximate surface area is 110 Å². The summed E-state index contributed by atoms with van der Waals surface area (Å²) in [4.78, 5) is 0. The lowest BCUT2D eigenvalue weighted by Gasteiger charge is -2.42. The first-order valence-corrected chi connectivity index (χ1v) is 6.16. The number of hydrogen-bond donors (Lipinski definition) is 2. The van der Waals surface area contributed by atoms with Gasteiger partial charge in [-0.3, -0.25) is 11.3 Å². The van der Waals surface area contributed by atoms with Gasteiger partial charge in [-0.15, -0.1) is 0 Å². The molecule has 1 aromatic carbocycles. The minimum absolute atomic E-state index is 0.434. The number of methoxy groups -OCH3 is 1. The molecule has 0 radical (unpaired) electrons. The van der Waals surface area contributed by atoms with E-state index >= 15 is 0 Å². The van der Waals surface area contributed by atoms with E-state index in [-0.39, 0.29) is 0 Å². The molecule has 3 N–H and O–H groups in total. The van der Waals surface area contributed by atoms with Gasteiger partial charge in [-0.05, 0) is 17.7 Å². The molecule has 4 nitrogen and oxygen atoms in total. The first-order valence-electron chi connectivity index (χ1n) is 6.16. The van der Waals surface area contributed by atoms with Crippen molar-refractivity contribution in [2.75, 3.05) is 20.3 Å². The van der Waals surface area contributed by atoms with Crippen LogP contribution in [-0.2, 0) is 9.47 Å². The quantitative estimate of drug-likeness (QED) is 0.646. The van der Waals surface area contributed by atoms with E-state index in [1.807, 2.05) is 0 Å². The average Bonchev–Trinajstić information content (AvgIpc) is 2.39. The Morgan fingerprint density at radius 2 is 1.84 bits per heavy atom. The van der Waals surface area contributed by atoms with E-state index in [0.717, 1.165) is 6.07 Å². The van der Waals surface area contributed by atoms with Gasteiger partial charge in [0.2, 0.25) is 0 Å². The zero-order valence-corrected chi connectivity index (χ0v) is 10.8. The Morgan fingerprint density at radius 3 is 2.32 bits per heavy atom. The summed E-state index contributed by atoms with van der Waals surface area (Å²) in [7, 11) is 1.57. The first kappa shape index (κ1) is 14.3. The summed E-state index contributed by atoms with van der Waals surface area (Å²) in [5.74, 6) is 4.32. The van der Waals surface area contributed by atoms with Crippen LogP contribution in [0.2, 0.25) is 0 Å². The molecule has 1 aliphatic heterocycles. The molecule has 0 aromatic heterocycles. The van der Waals surface area contributed by atoms with E-state index in [4.69, 9.17) is 15.3 Å². The van der Waals surface area contributed by atoms with E-state index in [2.05, 4.69) is 5.43 Å². The van der Waals surface area contributed by atoms with Crippen LogP contribution in [0.5, 0.6) is 0 Å². The molecule has 6 heteroatoms. The van der Waals surface area contributed by atoms with Crippen LogP contribution in [-0.4, -0.2) is 25.9 Å². The molecule has 0 spiro atoms. The minimum Gasteiger partial charge on any atom is -0.381 e. The number of rotatable bonds is 4. The summed E-state index contributed by atoms with van der Waals surface area (Å²) in [5, 5.41) is 0. The molecule has 1 unspecified atom stereocenters. The highest BCUT2D eigenvalue weighted by Crippen LogP contribution is 2.37. The van der Waals surface area contributed by atoms with Crippen molar-refractivity contribution in [3.8, 4) is 0 Å². The highest BCUT2D eigenvalue weighted by atomic mass is 19.1. The summed E-state index contributed by atoms with van der Waals surface area (Å²) in [6.45, 7) is 1.06. The molecule has 0 aliphatic carbocycles. The number of nitrogens with two attached hydrogens (primary N) is 1. The van der Waals surface area contributed by atoms with Gasteiger partial charge in [-0.25, -0.2) is 8.78 Å². The molecule has 19 heavy (non-hydrogen) atoms. The number of ether oxygens (including phenoxy) is 2. The molecule has 2 rings (SSSR count). The lowest BCUT2D eigenvalue weighted by molar-refractivity contribution is -0.111. The van der Waals surface area contributed by atoms with Crippen molar-refractivity contribution in [1.29, 1.82) is 0 Å². The monoisotopic (exact) mass is 272 g/mol. The van der Waals surface area contributed by atoms with E-state index in [1.165, 1.54) is 12.1 Å². The number of halogens is 2. The lowest BCUT2D eigenvalue weighted by Crippen LogP contribution is -2.51. The molecular weight excluding hydrogens is 254 g/mol. The number of hydrazine groups is 1. The second kappa shape index (κ2) is 5.92. The first-order chi connectivity index (χ1) is 9.11. The van der Waals surface area contributed by atoms with Crippen LogP contribution in [0.1, 0.15) is 24.4 Å². The Bertz CT molecular complexity index is 416. The number of benzene rings is 1. The van der Waals surface area contributed by atoms with Crippen molar-refractivity contribution in [3.63, 3.8) is 0 Å². The normalized spacial score (nSPS) is 20.2. The molecule has 0 saturated carbocycles. The predicted molar refractivity (Wildman–Crippen MR) is 66.2 cm³/mol. The van der Waals surface area contributed by atoms with Gasteiger partial charge in [0.05, 0.1) is 11.6 Å². The minimum atomic E-state index is -0.631. The van der Waals surface area contributed by atoms with Crippen LogP contribution in [0, 0.1) is 11.6 Å². The van der Waals surface area contributed by atoms with Crippen molar-refractivity contribution in [2.45, 2.75) is 24.5 Å². The Hall–Kier alpha value is -1.08. The fourth-order valence-electron chi connectivity index (χ4n) is 2.62. The third-order valence-corrected chi connectivity index (χ3v) is 3.66. The standard InChI is InChI=1S/C13H18F2N2O2/c1-18-13(2-4-19-5-3-13)12(17-16)9-6-10(14)8-11(15)7-9/h6-8,12,17H,2-5,16H2,1H3. The predicted octanol–water partition coefficient (Wildman–Crippen LogP) is 1.66. The van der Waals surface area contributed by atoms with Crippen molar-refractivity contribution in [2.24, 2.45) is 5.84 Å². The van der Waals surface area contributed by atoms with Gasteiger partial charge < -0.3 is 9.47 Å². The van der Waals surface area contributed by atoms with Gasteiger partial charge >= 0.3 is 0 Å². The van der Waals surface area contributed by atoms with Crippen LogP contribution in [0.4, 0.5) is 8.78 Å². The van der Waals surface area contributed by atoms with E-state index < -0.39 is 23.3 Å². The largest absolute Gasteiger partial charge is 0.381 e. The molecule has 1 atom stereocenters. The summed E-state index contributed by atoms with van der Waals surface area (Å²) < 4.78 is 37.6. The van der Waals surface area contributed by atoms with Crippen molar-refractivity contribution < 1.29 is 18.3 Å². The molecule has 1 saturated heterocycles. The molecule has 0 bridgehead atoms. The molecule has 1 aromatic rings. The Morgan fingerprint density at radius 1 is 1.26 bits per heavy atom. The van der Waals surface area contributed by atoms with Gasteiger partial charge in [0.15, 0.2) is 0 Å². The van der Waals surface area contributed by atoms with Crippen LogP contribution in [0.25, 0.3) is 0 Å². The Balaban J connectivity index is 2.36. The SMILES string of the molecule is COC1(C(NN)c2cc(F)cc(F)c2)CCOCC1. The van der Waals surface area contributed by atoms with Crippen molar-refractivity contribution >= 4 is 0 Å². The Kier molecular flexibility index (Phi) is 4.46. The fraction of sp³-hybridized carbons (Fsp3) is 0.538. The van der Waals surface area contributed by atoms with Crippen LogP contribution >= 0.6 is 0 Å². The molecule has 106 valence electrons. The van der Waals surface area contributed by atoms with Gasteiger partial charge in [0, 0.05) is 39.2 Å². The zero-order chi connectivity index (χ0) is 13.9. The van der Waals surface area contributed by atoms with E-state index in [1.54, 1.807) is 7.11 Å². The third-order valence-electron chi connectivity index (χ3n) is 3.66. The maximum atomic E-state index is 13.3. The van der Waals surface area contributed by atoms with E-state index in [0.29, 0.717) is 31.6 Å². The van der Waals surface area contributed by atoms with E-state index in [9.17, 15) is 8.78 Å². The molecule has 1 fully saturated rings.